The van der Waals surface area contributed by atoms with E-state index in [-0.39, 0.29) is 6.61 Å². The third-order valence-electron chi connectivity index (χ3n) is 3.19. The van der Waals surface area contributed by atoms with E-state index in [0.29, 0.717) is 29.4 Å². The second-order valence-corrected chi connectivity index (χ2v) is 4.99. The van der Waals surface area contributed by atoms with Gasteiger partial charge in [-0.1, -0.05) is 25.5 Å². The number of alkyl halides is 3. The first-order chi connectivity index (χ1) is 10.4. The third-order valence-corrected chi connectivity index (χ3v) is 3.19. The van der Waals surface area contributed by atoms with E-state index in [1.54, 1.807) is 7.85 Å². The van der Waals surface area contributed by atoms with Crippen molar-refractivity contribution in [3.63, 3.8) is 0 Å². The SMILES string of the molecule is Bc1oc(COCCCC)nc1-c1ccc(C(F)(F)F)cc1. The minimum absolute atomic E-state index is 0.265. The zero-order valence-corrected chi connectivity index (χ0v) is 12.5. The minimum atomic E-state index is -4.34. The number of oxazole rings is 1. The normalized spacial score (nSPS) is 11.8. The quantitative estimate of drug-likeness (QED) is 0.608. The van der Waals surface area contributed by atoms with Crippen molar-refractivity contribution in [1.82, 2.24) is 4.98 Å². The Morgan fingerprint density at radius 2 is 1.91 bits per heavy atom. The van der Waals surface area contributed by atoms with Crippen LogP contribution in [0, 0.1) is 0 Å². The summed E-state index contributed by atoms with van der Waals surface area (Å²) in [5.41, 5.74) is 1.02. The highest BCUT2D eigenvalue weighted by molar-refractivity contribution is 6.33. The van der Waals surface area contributed by atoms with Crippen LogP contribution in [-0.4, -0.2) is 19.4 Å². The predicted octanol–water partition coefficient (Wildman–Crippen LogP) is 2.94. The van der Waals surface area contributed by atoms with Crippen molar-refractivity contribution in [2.45, 2.75) is 32.5 Å². The molecule has 0 radical (unpaired) electrons. The maximum absolute atomic E-state index is 12.6. The van der Waals surface area contributed by atoms with E-state index in [4.69, 9.17) is 9.15 Å². The van der Waals surface area contributed by atoms with Gasteiger partial charge in [-0.25, -0.2) is 4.98 Å². The molecule has 0 saturated carbocycles. The van der Waals surface area contributed by atoms with Crippen molar-refractivity contribution in [1.29, 1.82) is 0 Å². The van der Waals surface area contributed by atoms with Crippen LogP contribution in [0.1, 0.15) is 31.2 Å². The number of hydrogen-bond donors (Lipinski definition) is 0. The van der Waals surface area contributed by atoms with Crippen molar-refractivity contribution in [2.75, 3.05) is 6.61 Å². The van der Waals surface area contributed by atoms with Gasteiger partial charge in [-0.15, -0.1) is 0 Å². The fourth-order valence-corrected chi connectivity index (χ4v) is 2.00. The monoisotopic (exact) mass is 311 g/mol. The lowest BCUT2D eigenvalue weighted by molar-refractivity contribution is -0.137. The Balaban J connectivity index is 2.10. The van der Waals surface area contributed by atoms with E-state index in [1.165, 1.54) is 12.1 Å². The topological polar surface area (TPSA) is 35.3 Å². The Morgan fingerprint density at radius 3 is 2.50 bits per heavy atom. The lowest BCUT2D eigenvalue weighted by Crippen LogP contribution is -2.05. The molecule has 0 amide bonds. The summed E-state index contributed by atoms with van der Waals surface area (Å²) in [6.07, 6.45) is -2.33. The molecule has 7 heteroatoms. The van der Waals surface area contributed by atoms with E-state index >= 15 is 0 Å². The first kappa shape index (κ1) is 16.6. The molecule has 0 aliphatic heterocycles. The molecule has 0 spiro atoms. The molecule has 118 valence electrons. The maximum Gasteiger partial charge on any atom is 0.416 e. The first-order valence-corrected chi connectivity index (χ1v) is 7.13. The molecule has 0 aliphatic rings. The summed E-state index contributed by atoms with van der Waals surface area (Å²) in [7, 11) is 1.73. The standard InChI is InChI=1S/C15H17BF3NO2/c1-2-3-8-21-9-12-20-13(14(16)22-12)10-4-6-11(7-5-10)15(17,18)19/h4-7H,2-3,8-9,16H2,1H3. The van der Waals surface area contributed by atoms with E-state index in [9.17, 15) is 13.2 Å². The number of aromatic nitrogens is 1. The van der Waals surface area contributed by atoms with Crippen LogP contribution in [-0.2, 0) is 17.5 Å². The average molecular weight is 311 g/mol. The fourth-order valence-electron chi connectivity index (χ4n) is 2.00. The minimum Gasteiger partial charge on any atom is -0.454 e. The molecule has 2 rings (SSSR count). The maximum atomic E-state index is 12.6. The van der Waals surface area contributed by atoms with Crippen LogP contribution >= 0.6 is 0 Å². The molecular weight excluding hydrogens is 294 g/mol. The summed E-state index contributed by atoms with van der Waals surface area (Å²) in [5.74, 6) is 0.434. The second-order valence-electron chi connectivity index (χ2n) is 4.99. The number of nitrogens with zero attached hydrogens (tertiary/aromatic N) is 1. The van der Waals surface area contributed by atoms with Crippen molar-refractivity contribution in [3.05, 3.63) is 35.7 Å². The van der Waals surface area contributed by atoms with Gasteiger partial charge in [0.05, 0.1) is 11.2 Å². The highest BCUT2D eigenvalue weighted by Gasteiger charge is 2.30. The van der Waals surface area contributed by atoms with Gasteiger partial charge >= 0.3 is 6.18 Å². The smallest absolute Gasteiger partial charge is 0.416 e. The Hall–Kier alpha value is -1.76. The zero-order valence-electron chi connectivity index (χ0n) is 12.5. The van der Waals surface area contributed by atoms with Gasteiger partial charge in [0.25, 0.3) is 0 Å². The van der Waals surface area contributed by atoms with Gasteiger partial charge in [0.2, 0.25) is 5.89 Å². The predicted molar refractivity (Wildman–Crippen MR) is 79.7 cm³/mol. The molecule has 1 aromatic heterocycles. The summed E-state index contributed by atoms with van der Waals surface area (Å²) < 4.78 is 48.6. The molecule has 0 fully saturated rings. The van der Waals surface area contributed by atoms with Gasteiger partial charge in [0, 0.05) is 12.2 Å². The van der Waals surface area contributed by atoms with Gasteiger partial charge in [-0.3, -0.25) is 0 Å². The fraction of sp³-hybridized carbons (Fsp3) is 0.400. The Bertz CT molecular complexity index is 608. The molecule has 1 aromatic carbocycles. The van der Waals surface area contributed by atoms with Crippen LogP contribution in [0.15, 0.2) is 28.7 Å². The Morgan fingerprint density at radius 1 is 1.23 bits per heavy atom. The van der Waals surface area contributed by atoms with Crippen LogP contribution in [0.4, 0.5) is 13.2 Å². The van der Waals surface area contributed by atoms with Crippen molar-refractivity contribution < 1.29 is 22.3 Å². The van der Waals surface area contributed by atoms with Crippen molar-refractivity contribution >= 4 is 13.5 Å². The molecule has 0 N–H and O–H groups in total. The summed E-state index contributed by atoms with van der Waals surface area (Å²) in [5, 5.41) is 0. The molecule has 0 unspecified atom stereocenters. The largest absolute Gasteiger partial charge is 0.454 e. The number of hydrogen-bond acceptors (Lipinski definition) is 3. The van der Waals surface area contributed by atoms with Crippen LogP contribution < -0.4 is 5.66 Å². The molecule has 0 bridgehead atoms. The summed E-state index contributed by atoms with van der Waals surface area (Å²) >= 11 is 0. The second kappa shape index (κ2) is 7.00. The molecule has 2 aromatic rings. The van der Waals surface area contributed by atoms with E-state index in [2.05, 4.69) is 11.9 Å². The van der Waals surface area contributed by atoms with Crippen molar-refractivity contribution in [3.8, 4) is 11.3 Å². The Labute approximate surface area is 127 Å². The molecule has 22 heavy (non-hydrogen) atoms. The number of ether oxygens (including phenoxy) is 1. The van der Waals surface area contributed by atoms with Gasteiger partial charge in [0.1, 0.15) is 12.3 Å². The number of unbranched alkanes of at least 4 members (excludes halogenated alkanes) is 1. The highest BCUT2D eigenvalue weighted by Crippen LogP contribution is 2.30. The van der Waals surface area contributed by atoms with Crippen LogP contribution in [0.2, 0.25) is 0 Å². The van der Waals surface area contributed by atoms with Gasteiger partial charge < -0.3 is 9.15 Å². The number of halogens is 3. The van der Waals surface area contributed by atoms with Crippen LogP contribution in [0.5, 0.6) is 0 Å². The highest BCUT2D eigenvalue weighted by atomic mass is 19.4. The average Bonchev–Trinajstić information content (AvgIpc) is 2.84. The molecular formula is C15H17BF3NO2. The summed E-state index contributed by atoms with van der Waals surface area (Å²) in [4.78, 5) is 4.30. The van der Waals surface area contributed by atoms with Crippen LogP contribution in [0.3, 0.4) is 0 Å². The molecule has 3 nitrogen and oxygen atoms in total. The van der Waals surface area contributed by atoms with Gasteiger partial charge in [0.15, 0.2) is 7.85 Å². The van der Waals surface area contributed by atoms with Crippen molar-refractivity contribution in [2.24, 2.45) is 0 Å². The van der Waals surface area contributed by atoms with Gasteiger partial charge in [-0.2, -0.15) is 13.2 Å². The Kier molecular flexibility index (Phi) is 5.29. The van der Waals surface area contributed by atoms with E-state index in [1.807, 2.05) is 0 Å². The molecule has 0 aliphatic carbocycles. The number of benzene rings is 1. The zero-order chi connectivity index (χ0) is 16.2. The lowest BCUT2D eigenvalue weighted by atomic mass is 9.99. The third kappa shape index (κ3) is 4.13. The molecule has 0 saturated heterocycles. The van der Waals surface area contributed by atoms with Gasteiger partial charge in [-0.05, 0) is 18.6 Å². The lowest BCUT2D eigenvalue weighted by Gasteiger charge is -2.06. The number of rotatable bonds is 6. The molecule has 0 atom stereocenters. The van der Waals surface area contributed by atoms with Crippen LogP contribution in [0.25, 0.3) is 11.3 Å². The summed E-state index contributed by atoms with van der Waals surface area (Å²) in [6.45, 7) is 2.97. The summed E-state index contributed by atoms with van der Waals surface area (Å²) in [6, 6.07) is 4.88. The molecule has 1 heterocycles. The van der Waals surface area contributed by atoms with E-state index in [0.717, 1.165) is 25.0 Å². The first-order valence-electron chi connectivity index (χ1n) is 7.13. The van der Waals surface area contributed by atoms with E-state index < -0.39 is 11.7 Å².